The molecule has 1 N–H and O–H groups in total. The number of hydrogen-bond acceptors (Lipinski definition) is 1. The molecule has 3 aromatic rings. The van der Waals surface area contributed by atoms with Crippen LogP contribution in [0.2, 0.25) is 0 Å². The molecule has 2 aromatic carbocycles. The molecule has 1 heterocycles. The summed E-state index contributed by atoms with van der Waals surface area (Å²) in [6.07, 6.45) is 1.75. The molecule has 0 bridgehead atoms. The van der Waals surface area contributed by atoms with Crippen molar-refractivity contribution < 1.29 is 9.90 Å². The molecule has 0 aliphatic heterocycles. The molecule has 0 radical (unpaired) electrons. The summed E-state index contributed by atoms with van der Waals surface area (Å²) in [5.74, 6) is -0.930. The first kappa shape index (κ1) is 12.0. The maximum Gasteiger partial charge on any atom is 0.352 e. The summed E-state index contributed by atoms with van der Waals surface area (Å²) in [6.45, 7) is 0. The largest absolute Gasteiger partial charge is 0.477 e. The zero-order valence-electron chi connectivity index (χ0n) is 9.88. The van der Waals surface area contributed by atoms with E-state index in [2.05, 4.69) is 15.9 Å². The highest BCUT2D eigenvalue weighted by Crippen LogP contribution is 2.23. The zero-order valence-corrected chi connectivity index (χ0v) is 11.5. The summed E-state index contributed by atoms with van der Waals surface area (Å²) >= 11 is 3.44. The Morgan fingerprint density at radius 3 is 2.58 bits per heavy atom. The van der Waals surface area contributed by atoms with Crippen molar-refractivity contribution in [1.82, 2.24) is 4.57 Å². The van der Waals surface area contributed by atoms with Crippen molar-refractivity contribution >= 4 is 32.7 Å². The first-order valence-electron chi connectivity index (χ1n) is 5.75. The Balaban J connectivity index is 2.18. The zero-order chi connectivity index (χ0) is 13.4. The fourth-order valence-electron chi connectivity index (χ4n) is 2.13. The number of fused-ring (bicyclic) bond motifs is 1. The molecule has 3 rings (SSSR count). The number of rotatable bonds is 2. The number of carbonyl (C=O) groups is 1. The van der Waals surface area contributed by atoms with Crippen LogP contribution in [0.3, 0.4) is 0 Å². The van der Waals surface area contributed by atoms with Gasteiger partial charge in [0.1, 0.15) is 5.69 Å². The molecule has 0 saturated carbocycles. The average molecular weight is 316 g/mol. The molecule has 0 aliphatic rings. The molecule has 94 valence electrons. The molecule has 0 amide bonds. The molecule has 0 fully saturated rings. The molecule has 1 aromatic heterocycles. The van der Waals surface area contributed by atoms with Crippen molar-refractivity contribution in [3.05, 3.63) is 64.9 Å². The average Bonchev–Trinajstić information content (AvgIpc) is 2.87. The van der Waals surface area contributed by atoms with Gasteiger partial charge >= 0.3 is 5.97 Å². The lowest BCUT2D eigenvalue weighted by Crippen LogP contribution is -2.05. The Bertz CT molecular complexity index is 777. The summed E-state index contributed by atoms with van der Waals surface area (Å²) in [6, 6.07) is 15.2. The quantitative estimate of drug-likeness (QED) is 0.774. The molecule has 0 aliphatic carbocycles. The van der Waals surface area contributed by atoms with Crippen molar-refractivity contribution in [1.29, 1.82) is 0 Å². The first-order chi connectivity index (χ1) is 9.15. The standard InChI is InChI=1S/C15H10BrNO2/c16-12-5-3-11-9-13(6-4-10(11)8-12)17-7-1-2-14(17)15(18)19/h1-9H,(H,18,19). The third-order valence-electron chi connectivity index (χ3n) is 3.03. The molecule has 4 heteroatoms. The second-order valence-electron chi connectivity index (χ2n) is 4.24. The number of benzene rings is 2. The number of nitrogens with zero attached hydrogens (tertiary/aromatic N) is 1. The summed E-state index contributed by atoms with van der Waals surface area (Å²) in [5.41, 5.74) is 1.11. The topological polar surface area (TPSA) is 42.2 Å². The van der Waals surface area contributed by atoms with Crippen LogP contribution >= 0.6 is 15.9 Å². The minimum absolute atomic E-state index is 0.261. The fraction of sp³-hybridized carbons (Fsp3) is 0. The number of hydrogen-bond donors (Lipinski definition) is 1. The normalized spacial score (nSPS) is 10.8. The van der Waals surface area contributed by atoms with E-state index in [1.54, 1.807) is 22.9 Å². The Hall–Kier alpha value is -2.07. The smallest absolute Gasteiger partial charge is 0.352 e. The second kappa shape index (κ2) is 4.55. The SMILES string of the molecule is O=C(O)c1cccn1-c1ccc2cc(Br)ccc2c1. The Morgan fingerprint density at radius 1 is 1.05 bits per heavy atom. The van der Waals surface area contributed by atoms with Gasteiger partial charge in [0.2, 0.25) is 0 Å². The number of aromatic nitrogens is 1. The van der Waals surface area contributed by atoms with Gasteiger partial charge in [0.05, 0.1) is 0 Å². The first-order valence-corrected chi connectivity index (χ1v) is 6.55. The van der Waals surface area contributed by atoms with E-state index in [-0.39, 0.29) is 5.69 Å². The van der Waals surface area contributed by atoms with E-state index in [1.165, 1.54) is 0 Å². The second-order valence-corrected chi connectivity index (χ2v) is 5.16. The Labute approximate surface area is 118 Å². The summed E-state index contributed by atoms with van der Waals surface area (Å²) in [7, 11) is 0. The predicted molar refractivity (Wildman–Crippen MR) is 77.9 cm³/mol. The molecular weight excluding hydrogens is 306 g/mol. The molecule has 0 spiro atoms. The minimum atomic E-state index is -0.930. The van der Waals surface area contributed by atoms with Crippen molar-refractivity contribution in [3.8, 4) is 5.69 Å². The van der Waals surface area contributed by atoms with Crippen molar-refractivity contribution in [2.45, 2.75) is 0 Å². The van der Waals surface area contributed by atoms with Gasteiger partial charge in [-0.1, -0.05) is 28.1 Å². The van der Waals surface area contributed by atoms with E-state index < -0.39 is 5.97 Å². The van der Waals surface area contributed by atoms with Gasteiger partial charge in [-0.25, -0.2) is 4.79 Å². The number of carboxylic acids is 1. The van der Waals surface area contributed by atoms with Crippen LogP contribution in [0.15, 0.2) is 59.2 Å². The molecule has 0 saturated heterocycles. The van der Waals surface area contributed by atoms with Crippen LogP contribution in [-0.4, -0.2) is 15.6 Å². The summed E-state index contributed by atoms with van der Waals surface area (Å²) in [4.78, 5) is 11.1. The maximum absolute atomic E-state index is 11.1. The lowest BCUT2D eigenvalue weighted by molar-refractivity contribution is 0.0688. The lowest BCUT2D eigenvalue weighted by atomic mass is 10.1. The Morgan fingerprint density at radius 2 is 1.79 bits per heavy atom. The van der Waals surface area contributed by atoms with Crippen LogP contribution in [0.1, 0.15) is 10.5 Å². The van der Waals surface area contributed by atoms with Gasteiger partial charge in [0, 0.05) is 16.4 Å². The molecule has 0 unspecified atom stereocenters. The van der Waals surface area contributed by atoms with Gasteiger partial charge in [-0.15, -0.1) is 0 Å². The van der Waals surface area contributed by atoms with E-state index in [1.807, 2.05) is 36.4 Å². The number of aromatic carboxylic acids is 1. The van der Waals surface area contributed by atoms with E-state index in [0.29, 0.717) is 0 Å². The highest BCUT2D eigenvalue weighted by Gasteiger charge is 2.10. The van der Waals surface area contributed by atoms with E-state index in [0.717, 1.165) is 20.9 Å². The van der Waals surface area contributed by atoms with E-state index in [4.69, 9.17) is 5.11 Å². The van der Waals surface area contributed by atoms with Crippen molar-refractivity contribution in [2.24, 2.45) is 0 Å². The molecule has 3 nitrogen and oxygen atoms in total. The van der Waals surface area contributed by atoms with Gasteiger partial charge in [-0.05, 0) is 47.2 Å². The van der Waals surface area contributed by atoms with Gasteiger partial charge < -0.3 is 9.67 Å². The third kappa shape index (κ3) is 2.15. The van der Waals surface area contributed by atoms with Crippen LogP contribution in [0, 0.1) is 0 Å². The van der Waals surface area contributed by atoms with E-state index >= 15 is 0 Å². The summed E-state index contributed by atoms with van der Waals surface area (Å²) in [5, 5.41) is 11.3. The van der Waals surface area contributed by atoms with Gasteiger partial charge in [0.25, 0.3) is 0 Å². The number of carboxylic acid groups (broad SMARTS) is 1. The van der Waals surface area contributed by atoms with Crippen molar-refractivity contribution in [3.63, 3.8) is 0 Å². The molecular formula is C15H10BrNO2. The summed E-state index contributed by atoms with van der Waals surface area (Å²) < 4.78 is 2.70. The monoisotopic (exact) mass is 315 g/mol. The Kier molecular flexibility index (Phi) is 2.87. The van der Waals surface area contributed by atoms with Crippen LogP contribution in [-0.2, 0) is 0 Å². The van der Waals surface area contributed by atoms with Gasteiger partial charge in [-0.3, -0.25) is 0 Å². The highest BCUT2D eigenvalue weighted by atomic mass is 79.9. The van der Waals surface area contributed by atoms with Gasteiger partial charge in [0.15, 0.2) is 0 Å². The molecule has 19 heavy (non-hydrogen) atoms. The van der Waals surface area contributed by atoms with Crippen LogP contribution < -0.4 is 0 Å². The van der Waals surface area contributed by atoms with Crippen LogP contribution in [0.25, 0.3) is 16.5 Å². The molecule has 0 atom stereocenters. The highest BCUT2D eigenvalue weighted by molar-refractivity contribution is 9.10. The number of halogens is 1. The maximum atomic E-state index is 11.1. The minimum Gasteiger partial charge on any atom is -0.477 e. The van der Waals surface area contributed by atoms with Crippen molar-refractivity contribution in [2.75, 3.05) is 0 Å². The lowest BCUT2D eigenvalue weighted by Gasteiger charge is -2.08. The third-order valence-corrected chi connectivity index (χ3v) is 3.53. The van der Waals surface area contributed by atoms with Gasteiger partial charge in [-0.2, -0.15) is 0 Å². The van der Waals surface area contributed by atoms with Crippen LogP contribution in [0.5, 0.6) is 0 Å². The predicted octanol–water partition coefficient (Wildman–Crippen LogP) is 4.09. The van der Waals surface area contributed by atoms with Crippen LogP contribution in [0.4, 0.5) is 0 Å². The van der Waals surface area contributed by atoms with E-state index in [9.17, 15) is 4.79 Å². The fourth-order valence-corrected chi connectivity index (χ4v) is 2.51.